The molecule has 2 unspecified atom stereocenters. The Morgan fingerprint density at radius 2 is 2.25 bits per heavy atom. The summed E-state index contributed by atoms with van der Waals surface area (Å²) in [5.41, 5.74) is 0. The Morgan fingerprint density at radius 1 is 1.58 bits per heavy atom. The Bertz CT molecular complexity index is 186. The SMILES string of the molecule is CC#CCC(O)C(OC)C1CC1. The van der Waals surface area contributed by atoms with E-state index < -0.39 is 6.10 Å². The van der Waals surface area contributed by atoms with E-state index in [0.29, 0.717) is 12.3 Å². The lowest BCUT2D eigenvalue weighted by Crippen LogP contribution is -2.29. The number of ether oxygens (including phenoxy) is 1. The van der Waals surface area contributed by atoms with Gasteiger partial charge in [-0.15, -0.1) is 11.8 Å². The van der Waals surface area contributed by atoms with E-state index in [1.54, 1.807) is 14.0 Å². The van der Waals surface area contributed by atoms with Crippen molar-refractivity contribution in [3.63, 3.8) is 0 Å². The number of hydrogen-bond donors (Lipinski definition) is 1. The van der Waals surface area contributed by atoms with Crippen molar-refractivity contribution in [1.29, 1.82) is 0 Å². The minimum Gasteiger partial charge on any atom is -0.389 e. The second-order valence-corrected chi connectivity index (χ2v) is 3.24. The quantitative estimate of drug-likeness (QED) is 0.639. The lowest BCUT2D eigenvalue weighted by molar-refractivity contribution is -0.0215. The van der Waals surface area contributed by atoms with E-state index in [1.165, 1.54) is 12.8 Å². The molecule has 0 radical (unpaired) electrons. The first-order valence-corrected chi connectivity index (χ1v) is 4.40. The zero-order chi connectivity index (χ0) is 8.97. The van der Waals surface area contributed by atoms with Gasteiger partial charge in [-0.3, -0.25) is 0 Å². The maximum atomic E-state index is 9.62. The van der Waals surface area contributed by atoms with Crippen molar-refractivity contribution in [3.05, 3.63) is 0 Å². The molecule has 0 aliphatic heterocycles. The molecule has 68 valence electrons. The van der Waals surface area contributed by atoms with Crippen LogP contribution in [0.3, 0.4) is 0 Å². The standard InChI is InChI=1S/C10H16O2/c1-3-4-5-9(11)10(12-2)8-6-7-8/h8-11H,5-7H2,1-2H3. The first-order valence-electron chi connectivity index (χ1n) is 4.40. The molecule has 1 saturated carbocycles. The van der Waals surface area contributed by atoms with E-state index in [-0.39, 0.29) is 6.10 Å². The van der Waals surface area contributed by atoms with Crippen molar-refractivity contribution in [2.75, 3.05) is 7.11 Å². The molecular formula is C10H16O2. The highest BCUT2D eigenvalue weighted by atomic mass is 16.5. The summed E-state index contributed by atoms with van der Waals surface area (Å²) >= 11 is 0. The van der Waals surface area contributed by atoms with Crippen molar-refractivity contribution >= 4 is 0 Å². The van der Waals surface area contributed by atoms with E-state index in [4.69, 9.17) is 4.74 Å². The highest BCUT2D eigenvalue weighted by Gasteiger charge is 2.35. The van der Waals surface area contributed by atoms with Gasteiger partial charge in [-0.05, 0) is 25.7 Å². The summed E-state index contributed by atoms with van der Waals surface area (Å²) in [5.74, 6) is 6.21. The van der Waals surface area contributed by atoms with Crippen LogP contribution in [0, 0.1) is 17.8 Å². The lowest BCUT2D eigenvalue weighted by atomic mass is 10.1. The van der Waals surface area contributed by atoms with Crippen LogP contribution in [-0.2, 0) is 4.74 Å². The van der Waals surface area contributed by atoms with Gasteiger partial charge in [-0.1, -0.05) is 0 Å². The molecule has 1 N–H and O–H groups in total. The molecule has 2 heteroatoms. The molecule has 0 heterocycles. The van der Waals surface area contributed by atoms with Crippen molar-refractivity contribution in [2.45, 2.75) is 38.4 Å². The molecule has 0 aromatic carbocycles. The van der Waals surface area contributed by atoms with Gasteiger partial charge in [0.2, 0.25) is 0 Å². The van der Waals surface area contributed by atoms with Crippen LogP contribution >= 0.6 is 0 Å². The summed E-state index contributed by atoms with van der Waals surface area (Å²) in [6.07, 6.45) is 2.51. The predicted molar refractivity (Wildman–Crippen MR) is 47.6 cm³/mol. The second-order valence-electron chi connectivity index (χ2n) is 3.24. The first-order chi connectivity index (χ1) is 5.79. The Kier molecular flexibility index (Phi) is 3.58. The molecule has 2 atom stereocenters. The summed E-state index contributed by atoms with van der Waals surface area (Å²) in [5, 5.41) is 9.62. The van der Waals surface area contributed by atoms with Gasteiger partial charge in [-0.25, -0.2) is 0 Å². The van der Waals surface area contributed by atoms with Crippen molar-refractivity contribution < 1.29 is 9.84 Å². The van der Waals surface area contributed by atoms with Crippen LogP contribution in [0.25, 0.3) is 0 Å². The number of aliphatic hydroxyl groups is 1. The minimum absolute atomic E-state index is 0.00542. The van der Waals surface area contributed by atoms with Crippen molar-refractivity contribution in [2.24, 2.45) is 5.92 Å². The molecule has 2 nitrogen and oxygen atoms in total. The maximum absolute atomic E-state index is 9.62. The summed E-state index contributed by atoms with van der Waals surface area (Å²) in [4.78, 5) is 0. The third-order valence-electron chi connectivity index (χ3n) is 2.23. The van der Waals surface area contributed by atoms with Crippen LogP contribution < -0.4 is 0 Å². The largest absolute Gasteiger partial charge is 0.389 e. The van der Waals surface area contributed by atoms with Gasteiger partial charge in [0.1, 0.15) is 0 Å². The van der Waals surface area contributed by atoms with Crippen molar-refractivity contribution in [1.82, 2.24) is 0 Å². The Labute approximate surface area is 73.9 Å². The number of rotatable bonds is 4. The molecule has 0 spiro atoms. The highest BCUT2D eigenvalue weighted by Crippen LogP contribution is 2.36. The predicted octanol–water partition coefficient (Wildman–Crippen LogP) is 1.19. The van der Waals surface area contributed by atoms with Gasteiger partial charge in [0.05, 0.1) is 12.2 Å². The molecule has 12 heavy (non-hydrogen) atoms. The van der Waals surface area contributed by atoms with Crippen LogP contribution in [0.2, 0.25) is 0 Å². The van der Waals surface area contributed by atoms with Gasteiger partial charge in [0, 0.05) is 13.5 Å². The van der Waals surface area contributed by atoms with E-state index in [2.05, 4.69) is 11.8 Å². The van der Waals surface area contributed by atoms with Crippen LogP contribution in [-0.4, -0.2) is 24.4 Å². The monoisotopic (exact) mass is 168 g/mol. The van der Waals surface area contributed by atoms with E-state index in [9.17, 15) is 5.11 Å². The van der Waals surface area contributed by atoms with Crippen LogP contribution in [0.4, 0.5) is 0 Å². The molecule has 0 amide bonds. The topological polar surface area (TPSA) is 29.5 Å². The summed E-state index contributed by atoms with van der Waals surface area (Å²) < 4.78 is 5.22. The molecule has 0 aromatic rings. The van der Waals surface area contributed by atoms with E-state index in [1.807, 2.05) is 0 Å². The van der Waals surface area contributed by atoms with Crippen molar-refractivity contribution in [3.8, 4) is 11.8 Å². The second kappa shape index (κ2) is 4.49. The normalized spacial score (nSPS) is 20.9. The molecule has 1 fully saturated rings. The number of methoxy groups -OCH3 is 1. The molecule has 1 aliphatic carbocycles. The van der Waals surface area contributed by atoms with Crippen LogP contribution in [0.1, 0.15) is 26.2 Å². The molecule has 1 aliphatic rings. The van der Waals surface area contributed by atoms with Gasteiger partial charge >= 0.3 is 0 Å². The Hall–Kier alpha value is -0.520. The fourth-order valence-electron chi connectivity index (χ4n) is 1.41. The molecule has 1 rings (SSSR count). The zero-order valence-electron chi connectivity index (χ0n) is 7.71. The Morgan fingerprint density at radius 3 is 2.67 bits per heavy atom. The van der Waals surface area contributed by atoms with E-state index in [0.717, 1.165) is 0 Å². The van der Waals surface area contributed by atoms with Crippen LogP contribution in [0.5, 0.6) is 0 Å². The highest BCUT2D eigenvalue weighted by molar-refractivity contribution is 4.99. The summed E-state index contributed by atoms with van der Waals surface area (Å²) in [6.45, 7) is 1.78. The van der Waals surface area contributed by atoms with Gasteiger partial charge in [-0.2, -0.15) is 0 Å². The smallest absolute Gasteiger partial charge is 0.0913 e. The van der Waals surface area contributed by atoms with Gasteiger partial charge in [0.15, 0.2) is 0 Å². The number of aliphatic hydroxyl groups excluding tert-OH is 1. The van der Waals surface area contributed by atoms with Crippen LogP contribution in [0.15, 0.2) is 0 Å². The molecular weight excluding hydrogens is 152 g/mol. The Balaban J connectivity index is 2.34. The first kappa shape index (κ1) is 9.57. The number of hydrogen-bond acceptors (Lipinski definition) is 2. The summed E-state index contributed by atoms with van der Waals surface area (Å²) in [7, 11) is 1.66. The van der Waals surface area contributed by atoms with Gasteiger partial charge < -0.3 is 9.84 Å². The lowest BCUT2D eigenvalue weighted by Gasteiger charge is -2.18. The fraction of sp³-hybridized carbons (Fsp3) is 0.800. The zero-order valence-corrected chi connectivity index (χ0v) is 7.71. The minimum atomic E-state index is -0.407. The third kappa shape index (κ3) is 2.51. The van der Waals surface area contributed by atoms with Gasteiger partial charge in [0.25, 0.3) is 0 Å². The van der Waals surface area contributed by atoms with E-state index >= 15 is 0 Å². The molecule has 0 saturated heterocycles. The average Bonchev–Trinajstić information content (AvgIpc) is 2.86. The molecule has 0 bridgehead atoms. The fourth-order valence-corrected chi connectivity index (χ4v) is 1.41. The average molecular weight is 168 g/mol. The summed E-state index contributed by atoms with van der Waals surface area (Å²) in [6, 6.07) is 0. The third-order valence-corrected chi connectivity index (χ3v) is 2.23. The maximum Gasteiger partial charge on any atom is 0.0913 e. The molecule has 0 aromatic heterocycles.